The van der Waals surface area contributed by atoms with Crippen LogP contribution >= 0.6 is 0 Å². The van der Waals surface area contributed by atoms with Crippen molar-refractivity contribution in [2.45, 2.75) is 31.6 Å². The van der Waals surface area contributed by atoms with Crippen LogP contribution in [0.4, 0.5) is 4.79 Å². The van der Waals surface area contributed by atoms with Crippen molar-refractivity contribution in [1.29, 1.82) is 0 Å². The normalized spacial score (nSPS) is 26.4. The summed E-state index contributed by atoms with van der Waals surface area (Å²) in [5, 5.41) is 8.94. The van der Waals surface area contributed by atoms with Gasteiger partial charge < -0.3 is 14.7 Å². The van der Waals surface area contributed by atoms with E-state index >= 15 is 0 Å². The summed E-state index contributed by atoms with van der Waals surface area (Å²) in [4.78, 5) is 14.8. The quantitative estimate of drug-likeness (QED) is 0.922. The Bertz CT molecular complexity index is 466. The van der Waals surface area contributed by atoms with Crippen LogP contribution in [0, 0.1) is 0 Å². The Balaban J connectivity index is 1.36. The molecule has 1 aliphatic carbocycles. The zero-order valence-electron chi connectivity index (χ0n) is 12.1. The lowest BCUT2D eigenvalue weighted by atomic mass is 9.87. The lowest BCUT2D eigenvalue weighted by Gasteiger charge is -2.45. The van der Waals surface area contributed by atoms with E-state index in [0.717, 1.165) is 25.9 Å². The molecule has 1 saturated heterocycles. The first-order chi connectivity index (χ1) is 10.2. The molecule has 3 rings (SSSR count). The average Bonchev–Trinajstić information content (AvgIpc) is 2.47. The summed E-state index contributed by atoms with van der Waals surface area (Å²) in [6.07, 6.45) is 1.69. The van der Waals surface area contributed by atoms with E-state index in [-0.39, 0.29) is 0 Å². The van der Waals surface area contributed by atoms with Gasteiger partial charge in [-0.15, -0.1) is 0 Å². The molecule has 1 N–H and O–H groups in total. The number of piperazine rings is 1. The molecular formula is C16H22N2O3. The molecule has 2 fully saturated rings. The third-order valence-corrected chi connectivity index (χ3v) is 4.50. The number of hydrogen-bond donors (Lipinski definition) is 1. The Morgan fingerprint density at radius 2 is 1.81 bits per heavy atom. The highest BCUT2D eigenvalue weighted by Gasteiger charge is 2.36. The fraction of sp³-hybridized carbons (Fsp3) is 0.562. The maximum Gasteiger partial charge on any atom is 0.407 e. The number of nitrogens with zero attached hydrogens (tertiary/aromatic N) is 2. The lowest BCUT2D eigenvalue weighted by molar-refractivity contribution is -0.0661. The van der Waals surface area contributed by atoms with E-state index < -0.39 is 6.09 Å². The fourth-order valence-corrected chi connectivity index (χ4v) is 3.04. The monoisotopic (exact) mass is 290 g/mol. The van der Waals surface area contributed by atoms with E-state index in [4.69, 9.17) is 9.84 Å². The number of hydrogen-bond acceptors (Lipinski definition) is 3. The van der Waals surface area contributed by atoms with Crippen LogP contribution in [0.2, 0.25) is 0 Å². The molecule has 5 nitrogen and oxygen atoms in total. The van der Waals surface area contributed by atoms with Crippen molar-refractivity contribution >= 4 is 6.09 Å². The zero-order valence-corrected chi connectivity index (χ0v) is 12.1. The number of ether oxygens (including phenoxy) is 1. The van der Waals surface area contributed by atoms with Crippen molar-refractivity contribution in [3.63, 3.8) is 0 Å². The minimum absolute atomic E-state index is 0.354. The first-order valence-corrected chi connectivity index (χ1v) is 7.60. The molecule has 1 amide bonds. The van der Waals surface area contributed by atoms with Crippen molar-refractivity contribution < 1.29 is 14.6 Å². The van der Waals surface area contributed by atoms with Crippen molar-refractivity contribution in [2.24, 2.45) is 0 Å². The topological polar surface area (TPSA) is 53.0 Å². The number of rotatable bonds is 4. The van der Waals surface area contributed by atoms with Gasteiger partial charge in [-0.2, -0.15) is 0 Å². The van der Waals surface area contributed by atoms with E-state index in [9.17, 15) is 4.79 Å². The predicted molar refractivity (Wildman–Crippen MR) is 79.2 cm³/mol. The molecule has 1 aromatic carbocycles. The van der Waals surface area contributed by atoms with Crippen LogP contribution in [0.3, 0.4) is 0 Å². The molecule has 1 heterocycles. The van der Waals surface area contributed by atoms with E-state index in [1.165, 1.54) is 10.5 Å². The second kappa shape index (κ2) is 6.45. The Morgan fingerprint density at radius 3 is 2.43 bits per heavy atom. The van der Waals surface area contributed by atoms with Gasteiger partial charge in [0.25, 0.3) is 0 Å². The molecule has 1 saturated carbocycles. The van der Waals surface area contributed by atoms with Gasteiger partial charge in [-0.25, -0.2) is 4.79 Å². The molecular weight excluding hydrogens is 268 g/mol. The number of carbonyl (C=O) groups is 1. The molecule has 0 bridgehead atoms. The number of amides is 1. The van der Waals surface area contributed by atoms with Crippen LogP contribution in [0.1, 0.15) is 18.4 Å². The third-order valence-electron chi connectivity index (χ3n) is 4.50. The van der Waals surface area contributed by atoms with Crippen molar-refractivity contribution in [1.82, 2.24) is 9.80 Å². The van der Waals surface area contributed by atoms with Gasteiger partial charge in [-0.05, 0) is 18.4 Å². The van der Waals surface area contributed by atoms with Gasteiger partial charge in [0.05, 0.1) is 12.7 Å². The predicted octanol–water partition coefficient (Wildman–Crippen LogP) is 2.03. The SMILES string of the molecule is O=C(O)N1CCN(C2CC(OCc3ccccc3)C2)CC1. The van der Waals surface area contributed by atoms with Crippen LogP contribution in [0.25, 0.3) is 0 Å². The molecule has 21 heavy (non-hydrogen) atoms. The maximum atomic E-state index is 10.9. The van der Waals surface area contributed by atoms with Crippen LogP contribution in [-0.2, 0) is 11.3 Å². The van der Waals surface area contributed by atoms with E-state index in [1.807, 2.05) is 18.2 Å². The molecule has 0 atom stereocenters. The second-order valence-electron chi connectivity index (χ2n) is 5.85. The summed E-state index contributed by atoms with van der Waals surface area (Å²) in [6, 6.07) is 10.8. The third kappa shape index (κ3) is 3.54. The summed E-state index contributed by atoms with van der Waals surface area (Å²) in [7, 11) is 0. The zero-order chi connectivity index (χ0) is 14.7. The van der Waals surface area contributed by atoms with Gasteiger partial charge in [-0.3, -0.25) is 4.90 Å². The number of benzene rings is 1. The van der Waals surface area contributed by atoms with Crippen LogP contribution in [0.5, 0.6) is 0 Å². The minimum atomic E-state index is -0.799. The molecule has 0 radical (unpaired) electrons. The highest BCUT2D eigenvalue weighted by Crippen LogP contribution is 2.29. The fourth-order valence-electron chi connectivity index (χ4n) is 3.04. The molecule has 2 aliphatic rings. The van der Waals surface area contributed by atoms with Crippen molar-refractivity contribution in [3.05, 3.63) is 35.9 Å². The summed E-state index contributed by atoms with van der Waals surface area (Å²) in [6.45, 7) is 3.64. The van der Waals surface area contributed by atoms with Crippen molar-refractivity contribution in [3.8, 4) is 0 Å². The molecule has 0 aromatic heterocycles. The van der Waals surface area contributed by atoms with Gasteiger partial charge >= 0.3 is 6.09 Å². The van der Waals surface area contributed by atoms with Gasteiger partial charge in [0.15, 0.2) is 0 Å². The molecule has 0 spiro atoms. The lowest BCUT2D eigenvalue weighted by Crippen LogP contribution is -2.56. The van der Waals surface area contributed by atoms with Crippen LogP contribution in [-0.4, -0.2) is 59.3 Å². The minimum Gasteiger partial charge on any atom is -0.465 e. The van der Waals surface area contributed by atoms with Gasteiger partial charge in [0.1, 0.15) is 0 Å². The van der Waals surface area contributed by atoms with Gasteiger partial charge in [-0.1, -0.05) is 30.3 Å². The summed E-state index contributed by atoms with van der Waals surface area (Å²) >= 11 is 0. The highest BCUT2D eigenvalue weighted by atomic mass is 16.5. The number of carboxylic acid groups (broad SMARTS) is 1. The molecule has 0 unspecified atom stereocenters. The average molecular weight is 290 g/mol. The maximum absolute atomic E-state index is 10.9. The van der Waals surface area contributed by atoms with E-state index in [0.29, 0.717) is 31.8 Å². The molecule has 5 heteroatoms. The van der Waals surface area contributed by atoms with E-state index in [1.54, 1.807) is 0 Å². The molecule has 1 aliphatic heterocycles. The van der Waals surface area contributed by atoms with Crippen LogP contribution < -0.4 is 0 Å². The Morgan fingerprint density at radius 1 is 1.14 bits per heavy atom. The highest BCUT2D eigenvalue weighted by molar-refractivity contribution is 5.65. The second-order valence-corrected chi connectivity index (χ2v) is 5.85. The van der Waals surface area contributed by atoms with E-state index in [2.05, 4.69) is 17.0 Å². The van der Waals surface area contributed by atoms with Crippen LogP contribution in [0.15, 0.2) is 30.3 Å². The first-order valence-electron chi connectivity index (χ1n) is 7.60. The first kappa shape index (κ1) is 14.4. The molecule has 1 aromatic rings. The molecule has 114 valence electrons. The smallest absolute Gasteiger partial charge is 0.407 e. The van der Waals surface area contributed by atoms with Crippen molar-refractivity contribution in [2.75, 3.05) is 26.2 Å². The largest absolute Gasteiger partial charge is 0.465 e. The summed E-state index contributed by atoms with van der Waals surface area (Å²) in [5.74, 6) is 0. The summed E-state index contributed by atoms with van der Waals surface area (Å²) < 4.78 is 5.91. The Labute approximate surface area is 125 Å². The standard InChI is InChI=1S/C16H22N2O3/c19-16(20)18-8-6-17(7-9-18)14-10-15(11-14)21-12-13-4-2-1-3-5-13/h1-5,14-15H,6-12H2,(H,19,20). The van der Waals surface area contributed by atoms with Gasteiger partial charge in [0.2, 0.25) is 0 Å². The van der Waals surface area contributed by atoms with Gasteiger partial charge in [0, 0.05) is 32.2 Å². The summed E-state index contributed by atoms with van der Waals surface area (Å²) in [5.41, 5.74) is 1.22. The Hall–Kier alpha value is -1.59. The Kier molecular flexibility index (Phi) is 4.41.